The first-order valence-corrected chi connectivity index (χ1v) is 11.9. The zero-order chi connectivity index (χ0) is 22.8. The van der Waals surface area contributed by atoms with Crippen LogP contribution in [-0.4, -0.2) is 50.2 Å². The SMILES string of the molecule is Cc1ccc(-n2ncc3c(=O)n4c(nc32)SCC4CC(=O)NCCCOC(C)C)cc1C. The summed E-state index contributed by atoms with van der Waals surface area (Å²) < 4.78 is 8.86. The second-order valence-corrected chi connectivity index (χ2v) is 9.41. The van der Waals surface area contributed by atoms with Gasteiger partial charge in [0.1, 0.15) is 5.39 Å². The Bertz CT molecular complexity index is 1200. The Labute approximate surface area is 191 Å². The van der Waals surface area contributed by atoms with E-state index in [-0.39, 0.29) is 30.0 Å². The van der Waals surface area contributed by atoms with Gasteiger partial charge in [0.05, 0.1) is 24.0 Å². The molecular weight excluding hydrogens is 426 g/mol. The molecule has 0 fully saturated rings. The van der Waals surface area contributed by atoms with Crippen LogP contribution in [0.5, 0.6) is 0 Å². The largest absolute Gasteiger partial charge is 0.379 e. The average Bonchev–Trinajstić information content (AvgIpc) is 3.35. The smallest absolute Gasteiger partial charge is 0.265 e. The number of rotatable bonds is 8. The normalized spacial score (nSPS) is 15.5. The fraction of sp³-hybridized carbons (Fsp3) is 0.478. The minimum Gasteiger partial charge on any atom is -0.379 e. The number of carbonyl (C=O) groups is 1. The molecule has 1 amide bonds. The molecule has 8 nitrogen and oxygen atoms in total. The number of carbonyl (C=O) groups excluding carboxylic acids is 1. The van der Waals surface area contributed by atoms with Gasteiger partial charge >= 0.3 is 0 Å². The van der Waals surface area contributed by atoms with Crippen LogP contribution in [0.1, 0.15) is 43.9 Å². The quantitative estimate of drug-likeness (QED) is 0.414. The second-order valence-electron chi connectivity index (χ2n) is 8.42. The minimum absolute atomic E-state index is 0.0641. The fourth-order valence-electron chi connectivity index (χ4n) is 3.73. The number of hydrogen-bond acceptors (Lipinski definition) is 6. The van der Waals surface area contributed by atoms with Crippen LogP contribution >= 0.6 is 11.8 Å². The molecular formula is C23H29N5O3S. The van der Waals surface area contributed by atoms with Gasteiger partial charge in [0.15, 0.2) is 10.8 Å². The molecule has 1 aromatic carbocycles. The molecule has 0 bridgehead atoms. The highest BCUT2D eigenvalue weighted by molar-refractivity contribution is 7.99. The molecule has 0 radical (unpaired) electrons. The van der Waals surface area contributed by atoms with Crippen molar-refractivity contribution in [1.82, 2.24) is 24.6 Å². The lowest BCUT2D eigenvalue weighted by molar-refractivity contribution is -0.121. The molecule has 1 atom stereocenters. The third kappa shape index (κ3) is 4.59. The molecule has 32 heavy (non-hydrogen) atoms. The Kier molecular flexibility index (Phi) is 6.66. The molecule has 0 saturated heterocycles. The molecule has 0 saturated carbocycles. The molecule has 9 heteroatoms. The van der Waals surface area contributed by atoms with Crippen LogP contribution in [-0.2, 0) is 9.53 Å². The zero-order valence-corrected chi connectivity index (χ0v) is 19.7. The van der Waals surface area contributed by atoms with Crippen LogP contribution < -0.4 is 10.9 Å². The number of hydrogen-bond donors (Lipinski definition) is 1. The third-order valence-electron chi connectivity index (χ3n) is 5.62. The van der Waals surface area contributed by atoms with Crippen LogP contribution in [0.3, 0.4) is 0 Å². The molecule has 3 heterocycles. The summed E-state index contributed by atoms with van der Waals surface area (Å²) in [5, 5.41) is 8.46. The van der Waals surface area contributed by atoms with Crippen molar-refractivity contribution in [3.8, 4) is 5.69 Å². The lowest BCUT2D eigenvalue weighted by atomic mass is 10.1. The fourth-order valence-corrected chi connectivity index (χ4v) is 4.86. The Morgan fingerprint density at radius 3 is 2.88 bits per heavy atom. The van der Waals surface area contributed by atoms with Crippen molar-refractivity contribution in [1.29, 1.82) is 0 Å². The Hall–Kier alpha value is -2.65. The van der Waals surface area contributed by atoms with Gasteiger partial charge in [-0.15, -0.1) is 0 Å². The van der Waals surface area contributed by atoms with Crippen LogP contribution in [0, 0.1) is 13.8 Å². The summed E-state index contributed by atoms with van der Waals surface area (Å²) in [4.78, 5) is 30.4. The number of ether oxygens (including phenoxy) is 1. The Balaban J connectivity index is 1.51. The van der Waals surface area contributed by atoms with Crippen LogP contribution in [0.15, 0.2) is 34.3 Å². The summed E-state index contributed by atoms with van der Waals surface area (Å²) in [6.45, 7) is 9.26. The standard InChI is InChI=1S/C23H29N5O3S/c1-14(2)31-9-5-8-24-20(29)11-18-13-32-23-26-21-19(22(30)27(18)23)12-25-28(21)17-7-6-15(3)16(4)10-17/h6-7,10,12,14,18H,5,8-9,11,13H2,1-4H3,(H,24,29). The Morgan fingerprint density at radius 1 is 1.31 bits per heavy atom. The highest BCUT2D eigenvalue weighted by Gasteiger charge is 2.29. The first-order chi connectivity index (χ1) is 15.3. The van der Waals surface area contributed by atoms with E-state index in [0.29, 0.717) is 35.1 Å². The van der Waals surface area contributed by atoms with Crippen molar-refractivity contribution in [2.45, 2.75) is 57.8 Å². The number of nitrogens with one attached hydrogen (secondary N) is 1. The third-order valence-corrected chi connectivity index (χ3v) is 6.72. The van der Waals surface area contributed by atoms with Crippen LogP contribution in [0.2, 0.25) is 0 Å². The van der Waals surface area contributed by atoms with Gasteiger partial charge in [-0.3, -0.25) is 14.2 Å². The van der Waals surface area contributed by atoms with Crippen molar-refractivity contribution < 1.29 is 9.53 Å². The predicted molar refractivity (Wildman–Crippen MR) is 126 cm³/mol. The summed E-state index contributed by atoms with van der Waals surface area (Å²) >= 11 is 1.51. The summed E-state index contributed by atoms with van der Waals surface area (Å²) in [6, 6.07) is 5.85. The highest BCUT2D eigenvalue weighted by atomic mass is 32.2. The maximum absolute atomic E-state index is 13.2. The minimum atomic E-state index is -0.212. The average molecular weight is 456 g/mol. The van der Waals surface area contributed by atoms with Gasteiger partial charge in [-0.25, -0.2) is 9.67 Å². The van der Waals surface area contributed by atoms with Crippen molar-refractivity contribution in [3.05, 3.63) is 45.9 Å². The summed E-state index contributed by atoms with van der Waals surface area (Å²) in [5.74, 6) is 0.585. The second kappa shape index (κ2) is 9.46. The summed E-state index contributed by atoms with van der Waals surface area (Å²) in [5.41, 5.74) is 3.63. The highest BCUT2D eigenvalue weighted by Crippen LogP contribution is 2.33. The summed E-state index contributed by atoms with van der Waals surface area (Å²) in [7, 11) is 0. The molecule has 3 aromatic rings. The molecule has 1 aliphatic heterocycles. The van der Waals surface area contributed by atoms with Gasteiger partial charge in [-0.1, -0.05) is 17.8 Å². The van der Waals surface area contributed by atoms with Gasteiger partial charge in [-0.2, -0.15) is 5.10 Å². The summed E-state index contributed by atoms with van der Waals surface area (Å²) in [6.07, 6.45) is 2.78. The van der Waals surface area contributed by atoms with E-state index in [2.05, 4.69) is 17.3 Å². The Morgan fingerprint density at radius 2 is 2.12 bits per heavy atom. The molecule has 2 aromatic heterocycles. The number of thioether (sulfide) groups is 1. The topological polar surface area (TPSA) is 91.0 Å². The molecule has 170 valence electrons. The first kappa shape index (κ1) is 22.5. The molecule has 1 N–H and O–H groups in total. The van der Waals surface area contributed by atoms with Crippen molar-refractivity contribution in [3.63, 3.8) is 0 Å². The number of aryl methyl sites for hydroxylation is 2. The van der Waals surface area contributed by atoms with Crippen LogP contribution in [0.4, 0.5) is 0 Å². The molecule has 4 rings (SSSR count). The molecule has 0 spiro atoms. The first-order valence-electron chi connectivity index (χ1n) is 10.9. The molecule has 1 unspecified atom stereocenters. The van der Waals surface area contributed by atoms with Gasteiger partial charge in [0.25, 0.3) is 5.56 Å². The van der Waals surface area contributed by atoms with E-state index >= 15 is 0 Å². The number of benzene rings is 1. The van der Waals surface area contributed by atoms with E-state index < -0.39 is 0 Å². The molecule has 1 aliphatic rings. The number of amides is 1. The van der Waals surface area contributed by atoms with Gasteiger partial charge in [-0.05, 0) is 57.4 Å². The van der Waals surface area contributed by atoms with Crippen molar-refractivity contribution in [2.75, 3.05) is 18.9 Å². The number of nitrogens with zero attached hydrogens (tertiary/aromatic N) is 4. The maximum Gasteiger partial charge on any atom is 0.265 e. The maximum atomic E-state index is 13.2. The lowest BCUT2D eigenvalue weighted by Gasteiger charge is -2.14. The number of fused-ring (bicyclic) bond motifs is 2. The van der Waals surface area contributed by atoms with E-state index in [9.17, 15) is 9.59 Å². The van der Waals surface area contributed by atoms with Gasteiger partial charge < -0.3 is 10.1 Å². The van der Waals surface area contributed by atoms with E-state index in [4.69, 9.17) is 9.72 Å². The number of aromatic nitrogens is 4. The van der Waals surface area contributed by atoms with Crippen molar-refractivity contribution in [2.24, 2.45) is 0 Å². The monoisotopic (exact) mass is 455 g/mol. The van der Waals surface area contributed by atoms with Gasteiger partial charge in [0, 0.05) is 25.3 Å². The van der Waals surface area contributed by atoms with E-state index in [0.717, 1.165) is 17.7 Å². The van der Waals surface area contributed by atoms with E-state index in [1.54, 1.807) is 15.4 Å². The van der Waals surface area contributed by atoms with Gasteiger partial charge in [0.2, 0.25) is 5.91 Å². The van der Waals surface area contributed by atoms with E-state index in [1.165, 1.54) is 17.3 Å². The van der Waals surface area contributed by atoms with Crippen LogP contribution in [0.25, 0.3) is 16.7 Å². The zero-order valence-electron chi connectivity index (χ0n) is 18.9. The lowest BCUT2D eigenvalue weighted by Crippen LogP contribution is -2.31. The van der Waals surface area contributed by atoms with E-state index in [1.807, 2.05) is 39.0 Å². The predicted octanol–water partition coefficient (Wildman–Crippen LogP) is 3.17. The van der Waals surface area contributed by atoms with Crippen molar-refractivity contribution >= 4 is 28.7 Å². The molecule has 0 aliphatic carbocycles.